The summed E-state index contributed by atoms with van der Waals surface area (Å²) in [6.45, 7) is 6.09. The maximum atomic E-state index is 11.1. The molecule has 0 spiro atoms. The van der Waals surface area contributed by atoms with Crippen LogP contribution in [0.15, 0.2) is 11.6 Å². The first-order chi connectivity index (χ1) is 7.26. The number of rotatable bonds is 8. The molecule has 0 aliphatic carbocycles. The highest BCUT2D eigenvalue weighted by atomic mass is 16.5. The SMILES string of the molecule is CCOCCOCC=C(CC)C(=O)OC. The fourth-order valence-corrected chi connectivity index (χ4v) is 1.01. The summed E-state index contributed by atoms with van der Waals surface area (Å²) in [5.41, 5.74) is 0.647. The Hall–Kier alpha value is -0.870. The average Bonchev–Trinajstić information content (AvgIpc) is 2.27. The number of carbonyl (C=O) groups is 1. The van der Waals surface area contributed by atoms with Crippen molar-refractivity contribution in [1.82, 2.24) is 0 Å². The van der Waals surface area contributed by atoms with Crippen molar-refractivity contribution in [3.8, 4) is 0 Å². The lowest BCUT2D eigenvalue weighted by Gasteiger charge is -2.04. The van der Waals surface area contributed by atoms with E-state index in [1.54, 1.807) is 6.08 Å². The van der Waals surface area contributed by atoms with Gasteiger partial charge in [0.1, 0.15) is 0 Å². The molecule has 0 radical (unpaired) electrons. The second-order valence-corrected chi connectivity index (χ2v) is 2.85. The van der Waals surface area contributed by atoms with E-state index >= 15 is 0 Å². The van der Waals surface area contributed by atoms with Crippen molar-refractivity contribution >= 4 is 5.97 Å². The minimum atomic E-state index is -0.286. The molecule has 88 valence electrons. The fraction of sp³-hybridized carbons (Fsp3) is 0.727. The van der Waals surface area contributed by atoms with Crippen LogP contribution in [0, 0.1) is 0 Å². The molecule has 0 saturated carbocycles. The molecular formula is C11H20O4. The van der Waals surface area contributed by atoms with E-state index in [2.05, 4.69) is 4.74 Å². The molecule has 0 rings (SSSR count). The van der Waals surface area contributed by atoms with Gasteiger partial charge in [0.15, 0.2) is 0 Å². The Morgan fingerprint density at radius 2 is 1.87 bits per heavy atom. The number of methoxy groups -OCH3 is 1. The normalized spacial score (nSPS) is 11.5. The van der Waals surface area contributed by atoms with E-state index < -0.39 is 0 Å². The van der Waals surface area contributed by atoms with E-state index in [-0.39, 0.29) is 5.97 Å². The molecule has 0 amide bonds. The summed E-state index contributed by atoms with van der Waals surface area (Å²) in [5, 5.41) is 0. The molecule has 4 heteroatoms. The molecule has 0 N–H and O–H groups in total. The third kappa shape index (κ3) is 7.11. The van der Waals surface area contributed by atoms with Gasteiger partial charge < -0.3 is 14.2 Å². The van der Waals surface area contributed by atoms with Crippen LogP contribution < -0.4 is 0 Å². The lowest BCUT2D eigenvalue weighted by molar-refractivity contribution is -0.136. The van der Waals surface area contributed by atoms with Crippen LogP contribution in [0.5, 0.6) is 0 Å². The molecule has 0 unspecified atom stereocenters. The molecule has 4 nitrogen and oxygen atoms in total. The van der Waals surface area contributed by atoms with Gasteiger partial charge in [0.05, 0.1) is 26.9 Å². The quantitative estimate of drug-likeness (QED) is 0.351. The van der Waals surface area contributed by atoms with E-state index in [0.29, 0.717) is 38.4 Å². The van der Waals surface area contributed by atoms with Gasteiger partial charge in [-0.25, -0.2) is 4.79 Å². The molecule has 0 aliphatic rings. The Balaban J connectivity index is 3.67. The smallest absolute Gasteiger partial charge is 0.333 e. The number of carbonyl (C=O) groups excluding carboxylic acids is 1. The van der Waals surface area contributed by atoms with Crippen molar-refractivity contribution in [3.63, 3.8) is 0 Å². The first kappa shape index (κ1) is 14.1. The fourth-order valence-electron chi connectivity index (χ4n) is 1.01. The van der Waals surface area contributed by atoms with Crippen LogP contribution in [0.2, 0.25) is 0 Å². The third-order valence-electron chi connectivity index (χ3n) is 1.85. The lowest BCUT2D eigenvalue weighted by atomic mass is 10.2. The Morgan fingerprint density at radius 3 is 2.40 bits per heavy atom. The standard InChI is InChI=1S/C11H20O4/c1-4-10(11(12)13-3)6-7-15-9-8-14-5-2/h6H,4-5,7-9H2,1-3H3. The zero-order chi connectivity index (χ0) is 11.5. The van der Waals surface area contributed by atoms with E-state index in [9.17, 15) is 4.79 Å². The molecule has 0 saturated heterocycles. The number of ether oxygens (including phenoxy) is 3. The van der Waals surface area contributed by atoms with Gasteiger partial charge in [0, 0.05) is 12.2 Å². The minimum Gasteiger partial charge on any atom is -0.466 e. The van der Waals surface area contributed by atoms with Gasteiger partial charge in [0.25, 0.3) is 0 Å². The van der Waals surface area contributed by atoms with Crippen molar-refractivity contribution in [1.29, 1.82) is 0 Å². The van der Waals surface area contributed by atoms with Gasteiger partial charge in [-0.15, -0.1) is 0 Å². The Labute approximate surface area is 91.2 Å². The molecule has 0 aliphatic heterocycles. The summed E-state index contributed by atoms with van der Waals surface area (Å²) in [7, 11) is 1.38. The van der Waals surface area contributed by atoms with Crippen molar-refractivity contribution in [2.24, 2.45) is 0 Å². The van der Waals surface area contributed by atoms with Gasteiger partial charge >= 0.3 is 5.97 Å². The summed E-state index contributed by atoms with van der Waals surface area (Å²) in [5.74, 6) is -0.286. The van der Waals surface area contributed by atoms with Crippen molar-refractivity contribution < 1.29 is 19.0 Å². The first-order valence-corrected chi connectivity index (χ1v) is 5.19. The topological polar surface area (TPSA) is 44.8 Å². The summed E-state index contributed by atoms with van der Waals surface area (Å²) in [6, 6.07) is 0. The van der Waals surface area contributed by atoms with Crippen LogP contribution in [-0.2, 0) is 19.0 Å². The van der Waals surface area contributed by atoms with Crippen LogP contribution >= 0.6 is 0 Å². The molecule has 0 heterocycles. The zero-order valence-corrected chi connectivity index (χ0v) is 9.75. The minimum absolute atomic E-state index is 0.286. The summed E-state index contributed by atoms with van der Waals surface area (Å²) in [4.78, 5) is 11.1. The highest BCUT2D eigenvalue weighted by molar-refractivity contribution is 5.88. The Morgan fingerprint density at radius 1 is 1.20 bits per heavy atom. The maximum absolute atomic E-state index is 11.1. The van der Waals surface area contributed by atoms with E-state index in [1.807, 2.05) is 13.8 Å². The zero-order valence-electron chi connectivity index (χ0n) is 9.75. The van der Waals surface area contributed by atoms with Crippen LogP contribution in [0.4, 0.5) is 0 Å². The van der Waals surface area contributed by atoms with Gasteiger partial charge in [-0.2, -0.15) is 0 Å². The summed E-state index contributed by atoms with van der Waals surface area (Å²) < 4.78 is 15.0. The molecule has 0 atom stereocenters. The molecule has 0 aromatic carbocycles. The highest BCUT2D eigenvalue weighted by Crippen LogP contribution is 2.02. The summed E-state index contributed by atoms with van der Waals surface area (Å²) in [6.07, 6.45) is 2.40. The van der Waals surface area contributed by atoms with Crippen molar-refractivity contribution in [2.75, 3.05) is 33.5 Å². The van der Waals surface area contributed by atoms with Gasteiger partial charge in [-0.05, 0) is 19.4 Å². The average molecular weight is 216 g/mol. The Bertz CT molecular complexity index is 199. The van der Waals surface area contributed by atoms with E-state index in [1.165, 1.54) is 7.11 Å². The second-order valence-electron chi connectivity index (χ2n) is 2.85. The van der Waals surface area contributed by atoms with Gasteiger partial charge in [-0.1, -0.05) is 6.92 Å². The van der Waals surface area contributed by atoms with E-state index in [0.717, 1.165) is 0 Å². The van der Waals surface area contributed by atoms with Crippen LogP contribution in [0.1, 0.15) is 20.3 Å². The molecule has 0 fully saturated rings. The molecule has 0 aromatic rings. The van der Waals surface area contributed by atoms with Crippen LogP contribution in [0.25, 0.3) is 0 Å². The highest BCUT2D eigenvalue weighted by Gasteiger charge is 2.05. The molecule has 15 heavy (non-hydrogen) atoms. The number of hydrogen-bond acceptors (Lipinski definition) is 4. The van der Waals surface area contributed by atoms with Gasteiger partial charge in [-0.3, -0.25) is 0 Å². The molecule has 0 aromatic heterocycles. The number of esters is 1. The first-order valence-electron chi connectivity index (χ1n) is 5.19. The predicted molar refractivity (Wildman–Crippen MR) is 57.7 cm³/mol. The number of hydrogen-bond donors (Lipinski definition) is 0. The molecular weight excluding hydrogens is 196 g/mol. The maximum Gasteiger partial charge on any atom is 0.333 e. The lowest BCUT2D eigenvalue weighted by Crippen LogP contribution is -2.07. The van der Waals surface area contributed by atoms with Crippen LogP contribution in [-0.4, -0.2) is 39.5 Å². The third-order valence-corrected chi connectivity index (χ3v) is 1.85. The largest absolute Gasteiger partial charge is 0.466 e. The van der Waals surface area contributed by atoms with Crippen LogP contribution in [0.3, 0.4) is 0 Å². The van der Waals surface area contributed by atoms with Gasteiger partial charge in [0.2, 0.25) is 0 Å². The predicted octanol–water partition coefficient (Wildman–Crippen LogP) is 1.55. The molecule has 0 bridgehead atoms. The monoisotopic (exact) mass is 216 g/mol. The second kappa shape index (κ2) is 9.68. The van der Waals surface area contributed by atoms with Crippen molar-refractivity contribution in [2.45, 2.75) is 20.3 Å². The summed E-state index contributed by atoms with van der Waals surface area (Å²) >= 11 is 0. The van der Waals surface area contributed by atoms with E-state index in [4.69, 9.17) is 9.47 Å². The van der Waals surface area contributed by atoms with Crippen molar-refractivity contribution in [3.05, 3.63) is 11.6 Å². The Kier molecular flexibility index (Phi) is 9.11.